The molecule has 64 valence electrons. The molecular weight excluding hydrogens is 140 g/mol. The van der Waals surface area contributed by atoms with Crippen LogP contribution in [0, 0.1) is 17.3 Å². The Morgan fingerprint density at radius 3 is 2.18 bits per heavy atom. The summed E-state index contributed by atoms with van der Waals surface area (Å²) in [5, 5.41) is 8.82. The largest absolute Gasteiger partial charge is 0.481 e. The lowest BCUT2D eigenvalue weighted by Crippen LogP contribution is -2.16. The zero-order valence-electron chi connectivity index (χ0n) is 7.42. The van der Waals surface area contributed by atoms with Crippen molar-refractivity contribution in [3.63, 3.8) is 0 Å². The Balaban J connectivity index is 2.66. The molecule has 2 heteroatoms. The summed E-state index contributed by atoms with van der Waals surface area (Å²) in [6, 6.07) is 0. The van der Waals surface area contributed by atoms with E-state index >= 15 is 0 Å². The van der Waals surface area contributed by atoms with E-state index in [4.69, 9.17) is 5.11 Å². The highest BCUT2D eigenvalue weighted by molar-refractivity contribution is 5.70. The summed E-state index contributed by atoms with van der Waals surface area (Å²) in [5.74, 6) is -0.379. The Kier molecular flexibility index (Phi) is 1.95. The molecule has 1 rings (SSSR count). The van der Waals surface area contributed by atoms with Crippen LogP contribution in [0.5, 0.6) is 0 Å². The lowest BCUT2D eigenvalue weighted by molar-refractivity contribution is -0.142. The van der Waals surface area contributed by atoms with Gasteiger partial charge in [0.15, 0.2) is 0 Å². The van der Waals surface area contributed by atoms with Crippen LogP contribution in [0.1, 0.15) is 33.6 Å². The van der Waals surface area contributed by atoms with Crippen molar-refractivity contribution in [1.29, 1.82) is 0 Å². The second kappa shape index (κ2) is 2.50. The smallest absolute Gasteiger partial charge is 0.306 e. The van der Waals surface area contributed by atoms with Crippen LogP contribution in [0.15, 0.2) is 0 Å². The lowest BCUT2D eigenvalue weighted by Gasteiger charge is -2.15. The maximum absolute atomic E-state index is 10.7. The van der Waals surface area contributed by atoms with Crippen LogP contribution >= 0.6 is 0 Å². The van der Waals surface area contributed by atoms with Crippen molar-refractivity contribution >= 4 is 5.97 Å². The van der Waals surface area contributed by atoms with Gasteiger partial charge in [0.2, 0.25) is 0 Å². The molecule has 1 aliphatic carbocycles. The third kappa shape index (κ3) is 1.73. The van der Waals surface area contributed by atoms with Crippen LogP contribution in [0.3, 0.4) is 0 Å². The average molecular weight is 156 g/mol. The first-order chi connectivity index (χ1) is 4.92. The van der Waals surface area contributed by atoms with Gasteiger partial charge in [0.25, 0.3) is 0 Å². The van der Waals surface area contributed by atoms with E-state index in [-0.39, 0.29) is 11.3 Å². The number of aliphatic carboxylic acids is 1. The molecule has 1 saturated carbocycles. The van der Waals surface area contributed by atoms with E-state index in [2.05, 4.69) is 13.8 Å². The SMILES string of the molecule is CC1CC(C)(C)CC1C(=O)O. The molecule has 0 bridgehead atoms. The summed E-state index contributed by atoms with van der Waals surface area (Å²) in [6.45, 7) is 6.33. The fourth-order valence-electron chi connectivity index (χ4n) is 2.22. The third-order valence-corrected chi connectivity index (χ3v) is 2.65. The van der Waals surface area contributed by atoms with E-state index in [1.165, 1.54) is 0 Å². The zero-order chi connectivity index (χ0) is 8.65. The number of carboxylic acid groups (broad SMARTS) is 1. The van der Waals surface area contributed by atoms with Gasteiger partial charge in [-0.1, -0.05) is 20.8 Å². The van der Waals surface area contributed by atoms with Crippen molar-refractivity contribution in [3.05, 3.63) is 0 Å². The van der Waals surface area contributed by atoms with Gasteiger partial charge in [-0.15, -0.1) is 0 Å². The molecule has 2 unspecified atom stereocenters. The van der Waals surface area contributed by atoms with E-state index in [9.17, 15) is 4.79 Å². The Labute approximate surface area is 67.6 Å². The number of carboxylic acids is 1. The molecule has 0 aliphatic heterocycles. The minimum atomic E-state index is -0.622. The quantitative estimate of drug-likeness (QED) is 0.631. The average Bonchev–Trinajstić information content (AvgIpc) is 2.05. The standard InChI is InChI=1S/C9H16O2/c1-6-4-9(2,3)5-7(6)8(10)11/h6-7H,4-5H2,1-3H3,(H,10,11). The predicted octanol–water partition coefficient (Wildman–Crippen LogP) is 2.14. The lowest BCUT2D eigenvalue weighted by atomic mass is 9.90. The van der Waals surface area contributed by atoms with Gasteiger partial charge in [0.05, 0.1) is 5.92 Å². The van der Waals surface area contributed by atoms with Crippen molar-refractivity contribution in [1.82, 2.24) is 0 Å². The van der Waals surface area contributed by atoms with E-state index in [1.54, 1.807) is 0 Å². The maximum atomic E-state index is 10.7. The van der Waals surface area contributed by atoms with Crippen LogP contribution in [0.4, 0.5) is 0 Å². The van der Waals surface area contributed by atoms with Crippen molar-refractivity contribution in [3.8, 4) is 0 Å². The van der Waals surface area contributed by atoms with Crippen LogP contribution in [-0.2, 0) is 4.79 Å². The highest BCUT2D eigenvalue weighted by Crippen LogP contribution is 2.44. The van der Waals surface area contributed by atoms with E-state index in [0.717, 1.165) is 12.8 Å². The second-order valence-electron chi connectivity index (χ2n) is 4.49. The van der Waals surface area contributed by atoms with Gasteiger partial charge in [-0.25, -0.2) is 0 Å². The highest BCUT2D eigenvalue weighted by atomic mass is 16.4. The van der Waals surface area contributed by atoms with Gasteiger partial charge in [-0.2, -0.15) is 0 Å². The first kappa shape index (κ1) is 8.57. The Hall–Kier alpha value is -0.530. The van der Waals surface area contributed by atoms with Crippen LogP contribution in [-0.4, -0.2) is 11.1 Å². The summed E-state index contributed by atoms with van der Waals surface area (Å²) in [7, 11) is 0. The molecule has 1 N–H and O–H groups in total. The van der Waals surface area contributed by atoms with E-state index in [0.29, 0.717) is 5.92 Å². The van der Waals surface area contributed by atoms with Crippen LogP contribution < -0.4 is 0 Å². The zero-order valence-corrected chi connectivity index (χ0v) is 7.42. The summed E-state index contributed by atoms with van der Waals surface area (Å²) in [4.78, 5) is 10.7. The maximum Gasteiger partial charge on any atom is 0.306 e. The molecule has 0 heterocycles. The monoisotopic (exact) mass is 156 g/mol. The molecule has 0 aromatic heterocycles. The van der Waals surface area contributed by atoms with Crippen molar-refractivity contribution in [2.24, 2.45) is 17.3 Å². The van der Waals surface area contributed by atoms with Gasteiger partial charge in [0, 0.05) is 0 Å². The topological polar surface area (TPSA) is 37.3 Å². The molecule has 0 aromatic carbocycles. The van der Waals surface area contributed by atoms with Crippen LogP contribution in [0.2, 0.25) is 0 Å². The Bertz CT molecular complexity index is 172. The Morgan fingerprint density at radius 2 is 2.00 bits per heavy atom. The fourth-order valence-corrected chi connectivity index (χ4v) is 2.22. The molecule has 11 heavy (non-hydrogen) atoms. The summed E-state index contributed by atoms with van der Waals surface area (Å²) in [5.41, 5.74) is 0.239. The van der Waals surface area contributed by atoms with Crippen molar-refractivity contribution < 1.29 is 9.90 Å². The number of carbonyl (C=O) groups is 1. The summed E-state index contributed by atoms with van der Waals surface area (Å²) in [6.07, 6.45) is 1.88. The molecule has 0 spiro atoms. The summed E-state index contributed by atoms with van der Waals surface area (Å²) >= 11 is 0. The normalized spacial score (nSPS) is 35.5. The highest BCUT2D eigenvalue weighted by Gasteiger charge is 2.40. The first-order valence-corrected chi connectivity index (χ1v) is 4.15. The molecule has 0 saturated heterocycles. The Morgan fingerprint density at radius 1 is 1.45 bits per heavy atom. The molecule has 2 nitrogen and oxygen atoms in total. The second-order valence-corrected chi connectivity index (χ2v) is 4.49. The van der Waals surface area contributed by atoms with Gasteiger partial charge in [-0.3, -0.25) is 4.79 Å². The van der Waals surface area contributed by atoms with Gasteiger partial charge in [-0.05, 0) is 24.2 Å². The molecular formula is C9H16O2. The van der Waals surface area contributed by atoms with Crippen molar-refractivity contribution in [2.45, 2.75) is 33.6 Å². The molecule has 1 aliphatic rings. The van der Waals surface area contributed by atoms with Gasteiger partial charge >= 0.3 is 5.97 Å². The minimum Gasteiger partial charge on any atom is -0.481 e. The van der Waals surface area contributed by atoms with E-state index in [1.807, 2.05) is 6.92 Å². The number of hydrogen-bond donors (Lipinski definition) is 1. The summed E-state index contributed by atoms with van der Waals surface area (Å²) < 4.78 is 0. The number of hydrogen-bond acceptors (Lipinski definition) is 1. The van der Waals surface area contributed by atoms with Crippen molar-refractivity contribution in [2.75, 3.05) is 0 Å². The van der Waals surface area contributed by atoms with Gasteiger partial charge < -0.3 is 5.11 Å². The first-order valence-electron chi connectivity index (χ1n) is 4.15. The molecule has 0 aromatic rings. The minimum absolute atomic E-state index is 0.106. The molecule has 0 amide bonds. The molecule has 1 fully saturated rings. The molecule has 2 atom stereocenters. The van der Waals surface area contributed by atoms with E-state index < -0.39 is 5.97 Å². The predicted molar refractivity (Wildman–Crippen MR) is 43.3 cm³/mol. The number of rotatable bonds is 1. The van der Waals surface area contributed by atoms with Gasteiger partial charge in [0.1, 0.15) is 0 Å². The third-order valence-electron chi connectivity index (χ3n) is 2.65. The molecule has 0 radical (unpaired) electrons. The van der Waals surface area contributed by atoms with Crippen LogP contribution in [0.25, 0.3) is 0 Å². The fraction of sp³-hybridized carbons (Fsp3) is 0.889.